The Labute approximate surface area is 245 Å². The number of ketones is 1. The Morgan fingerprint density at radius 1 is 1.02 bits per heavy atom. The molecule has 0 fully saturated rings. The van der Waals surface area contributed by atoms with Crippen molar-refractivity contribution in [2.24, 2.45) is 0 Å². The van der Waals surface area contributed by atoms with Gasteiger partial charge >= 0.3 is 12.1 Å². The normalized spacial score (nSPS) is 12.5. The fourth-order valence-corrected chi connectivity index (χ4v) is 5.17. The highest BCUT2D eigenvalue weighted by molar-refractivity contribution is 7.15. The van der Waals surface area contributed by atoms with Crippen molar-refractivity contribution in [3.05, 3.63) is 118 Å². The minimum atomic E-state index is -4.50. The van der Waals surface area contributed by atoms with Gasteiger partial charge in [-0.15, -0.1) is 11.3 Å². The summed E-state index contributed by atoms with van der Waals surface area (Å²) in [4.78, 5) is 30.2. The van der Waals surface area contributed by atoms with Crippen LogP contribution in [0.1, 0.15) is 39.0 Å². The molecule has 0 saturated heterocycles. The zero-order valence-corrected chi connectivity index (χ0v) is 23.8. The number of nitrogens with one attached hydrogen (secondary N) is 1. The second-order valence-corrected chi connectivity index (χ2v) is 10.8. The fourth-order valence-electron chi connectivity index (χ4n) is 4.21. The number of rotatable bonds is 12. The van der Waals surface area contributed by atoms with Crippen LogP contribution in [0, 0.1) is 6.92 Å². The van der Waals surface area contributed by atoms with E-state index >= 15 is 0 Å². The van der Waals surface area contributed by atoms with Crippen LogP contribution in [0.15, 0.2) is 90.6 Å². The van der Waals surface area contributed by atoms with Crippen LogP contribution in [0.2, 0.25) is 0 Å². The van der Waals surface area contributed by atoms with Crippen molar-refractivity contribution >= 4 is 23.1 Å². The topological polar surface area (TPSA) is 88.5 Å². The van der Waals surface area contributed by atoms with E-state index in [9.17, 15) is 27.9 Å². The van der Waals surface area contributed by atoms with Gasteiger partial charge in [0.05, 0.1) is 17.9 Å². The summed E-state index contributed by atoms with van der Waals surface area (Å²) in [6.07, 6.45) is -2.54. The third kappa shape index (κ3) is 8.29. The first kappa shape index (κ1) is 30.5. The van der Waals surface area contributed by atoms with Crippen LogP contribution in [-0.4, -0.2) is 34.5 Å². The number of aliphatic carboxylic acids is 1. The number of ether oxygens (including phenoxy) is 1. The van der Waals surface area contributed by atoms with Gasteiger partial charge in [-0.1, -0.05) is 54.6 Å². The Kier molecular flexibility index (Phi) is 9.80. The van der Waals surface area contributed by atoms with Crippen LogP contribution in [0.4, 0.5) is 13.2 Å². The number of aromatic nitrogens is 1. The highest BCUT2D eigenvalue weighted by Crippen LogP contribution is 2.29. The molecule has 6 nitrogen and oxygen atoms in total. The first-order chi connectivity index (χ1) is 20.0. The van der Waals surface area contributed by atoms with Crippen molar-refractivity contribution in [2.45, 2.75) is 38.9 Å². The molecule has 4 rings (SSSR count). The van der Waals surface area contributed by atoms with Crippen molar-refractivity contribution < 1.29 is 32.6 Å². The van der Waals surface area contributed by atoms with E-state index in [-0.39, 0.29) is 17.7 Å². The summed E-state index contributed by atoms with van der Waals surface area (Å²) in [7, 11) is 0. The molecule has 0 aliphatic carbocycles. The summed E-state index contributed by atoms with van der Waals surface area (Å²) in [5.74, 6) is -1.00. The van der Waals surface area contributed by atoms with Crippen LogP contribution in [0.3, 0.4) is 0 Å². The summed E-state index contributed by atoms with van der Waals surface area (Å²) in [6.45, 7) is 4.01. The molecule has 1 heterocycles. The molecule has 10 heteroatoms. The minimum Gasteiger partial charge on any atom is -0.493 e. The molecule has 0 unspecified atom stereocenters. The molecule has 0 aliphatic heterocycles. The number of benzene rings is 3. The number of alkyl halides is 3. The van der Waals surface area contributed by atoms with Crippen LogP contribution in [0.5, 0.6) is 5.75 Å². The summed E-state index contributed by atoms with van der Waals surface area (Å²) < 4.78 is 44.2. The summed E-state index contributed by atoms with van der Waals surface area (Å²) in [6, 6.07) is 19.9. The first-order valence-electron chi connectivity index (χ1n) is 13.1. The Balaban J connectivity index is 1.30. The van der Waals surface area contributed by atoms with Gasteiger partial charge in [-0.3, -0.25) is 4.79 Å². The largest absolute Gasteiger partial charge is 0.493 e. The summed E-state index contributed by atoms with van der Waals surface area (Å²) in [5.41, 5.74) is 2.30. The van der Waals surface area contributed by atoms with E-state index in [1.165, 1.54) is 13.0 Å². The molecule has 42 heavy (non-hydrogen) atoms. The second-order valence-electron chi connectivity index (χ2n) is 9.64. The van der Waals surface area contributed by atoms with Crippen LogP contribution in [0.25, 0.3) is 10.6 Å². The number of carboxylic acids is 1. The standard InChI is InChI=1S/C32H29F3N2O4S/c1-20(18-29(38)23-10-12-25(13-11-23)32(33,34)35)36-28(31(39)40)19-22-8-14-26(15-9-22)41-17-16-27-21(2)42-30(37-27)24-6-4-3-5-7-24/h3-15,18,28,36H,16-17,19H2,1-2H3,(H,39,40)/t28-/m0/s1. The van der Waals surface area contributed by atoms with Gasteiger partial charge in [-0.05, 0) is 43.7 Å². The molecule has 0 radical (unpaired) electrons. The van der Waals surface area contributed by atoms with Gasteiger partial charge in [0.25, 0.3) is 0 Å². The molecule has 2 N–H and O–H groups in total. The van der Waals surface area contributed by atoms with Gasteiger partial charge in [0, 0.05) is 40.6 Å². The number of hydrogen-bond donors (Lipinski definition) is 2. The molecule has 3 aromatic carbocycles. The van der Waals surface area contributed by atoms with E-state index in [0.717, 1.165) is 51.0 Å². The number of carbonyl (C=O) groups excluding carboxylic acids is 1. The second kappa shape index (κ2) is 13.5. The predicted octanol–water partition coefficient (Wildman–Crippen LogP) is 7.13. The zero-order chi connectivity index (χ0) is 30.3. The number of hydrogen-bond acceptors (Lipinski definition) is 6. The van der Waals surface area contributed by atoms with Gasteiger partial charge in [-0.2, -0.15) is 13.2 Å². The Hall–Kier alpha value is -4.44. The van der Waals surface area contributed by atoms with E-state index in [2.05, 4.69) is 5.32 Å². The van der Waals surface area contributed by atoms with Gasteiger partial charge < -0.3 is 15.2 Å². The predicted molar refractivity (Wildman–Crippen MR) is 156 cm³/mol. The Morgan fingerprint density at radius 3 is 2.31 bits per heavy atom. The van der Waals surface area contributed by atoms with Crippen molar-refractivity contribution in [2.75, 3.05) is 6.61 Å². The van der Waals surface area contributed by atoms with E-state index < -0.39 is 29.5 Å². The number of aryl methyl sites for hydroxylation is 1. The van der Waals surface area contributed by atoms with Gasteiger partial charge in [0.1, 0.15) is 16.8 Å². The lowest BCUT2D eigenvalue weighted by atomic mass is 10.0. The molecule has 0 saturated carbocycles. The molecule has 1 aromatic heterocycles. The maximum absolute atomic E-state index is 12.8. The number of nitrogens with zero attached hydrogens (tertiary/aromatic N) is 1. The van der Waals surface area contributed by atoms with E-state index in [0.29, 0.717) is 18.8 Å². The SMILES string of the molecule is CC(=CC(=O)c1ccc(C(F)(F)F)cc1)N[C@@H](Cc1ccc(OCCc2nc(-c3ccccc3)sc2C)cc1)C(=O)O. The van der Waals surface area contributed by atoms with Gasteiger partial charge in [-0.25, -0.2) is 9.78 Å². The fraction of sp³-hybridized carbons (Fsp3) is 0.219. The maximum atomic E-state index is 12.8. The number of carbonyl (C=O) groups is 2. The molecule has 0 amide bonds. The quantitative estimate of drug-likeness (QED) is 0.134. The lowest BCUT2D eigenvalue weighted by Crippen LogP contribution is -2.37. The Morgan fingerprint density at radius 2 is 1.69 bits per heavy atom. The van der Waals surface area contributed by atoms with Crippen LogP contribution in [-0.2, 0) is 23.8 Å². The lowest BCUT2D eigenvalue weighted by molar-refractivity contribution is -0.139. The van der Waals surface area contributed by atoms with E-state index in [1.54, 1.807) is 35.6 Å². The number of allylic oxidation sites excluding steroid dienone is 2. The molecule has 0 spiro atoms. The summed E-state index contributed by atoms with van der Waals surface area (Å²) >= 11 is 1.65. The minimum absolute atomic E-state index is 0.0631. The van der Waals surface area contributed by atoms with Gasteiger partial charge in [0.2, 0.25) is 0 Å². The molecular formula is C32H29F3N2O4S. The Bertz CT molecular complexity index is 1550. The zero-order valence-electron chi connectivity index (χ0n) is 22.9. The summed E-state index contributed by atoms with van der Waals surface area (Å²) in [5, 5.41) is 13.5. The third-order valence-corrected chi connectivity index (χ3v) is 7.49. The highest BCUT2D eigenvalue weighted by Gasteiger charge is 2.30. The molecule has 4 aromatic rings. The van der Waals surface area contributed by atoms with Crippen molar-refractivity contribution in [3.63, 3.8) is 0 Å². The molecular weight excluding hydrogens is 565 g/mol. The van der Waals surface area contributed by atoms with E-state index in [1.807, 2.05) is 37.3 Å². The maximum Gasteiger partial charge on any atom is 0.416 e. The van der Waals surface area contributed by atoms with E-state index in [4.69, 9.17) is 9.72 Å². The van der Waals surface area contributed by atoms with Crippen LogP contribution < -0.4 is 10.1 Å². The first-order valence-corrected chi connectivity index (χ1v) is 13.9. The van der Waals surface area contributed by atoms with Crippen molar-refractivity contribution in [1.82, 2.24) is 10.3 Å². The third-order valence-electron chi connectivity index (χ3n) is 6.43. The highest BCUT2D eigenvalue weighted by atomic mass is 32.1. The number of halogens is 3. The molecule has 1 atom stereocenters. The average molecular weight is 595 g/mol. The molecule has 0 aliphatic rings. The average Bonchev–Trinajstić information content (AvgIpc) is 3.33. The van der Waals surface area contributed by atoms with Crippen molar-refractivity contribution in [1.29, 1.82) is 0 Å². The van der Waals surface area contributed by atoms with Crippen LogP contribution >= 0.6 is 11.3 Å². The van der Waals surface area contributed by atoms with Crippen molar-refractivity contribution in [3.8, 4) is 16.3 Å². The monoisotopic (exact) mass is 594 g/mol. The smallest absolute Gasteiger partial charge is 0.416 e. The lowest BCUT2D eigenvalue weighted by Gasteiger charge is -2.16. The van der Waals surface area contributed by atoms with Gasteiger partial charge in [0.15, 0.2) is 5.78 Å². The molecule has 0 bridgehead atoms. The number of thiazole rings is 1. The number of carboxylic acid groups (broad SMARTS) is 1. The molecule has 218 valence electrons.